The number of carbonyl (C=O) groups is 1. The summed E-state index contributed by atoms with van der Waals surface area (Å²) >= 11 is 0. The molecule has 3 rings (SSSR count). The van der Waals surface area contributed by atoms with Gasteiger partial charge in [0.25, 0.3) is 0 Å². The molecule has 1 aromatic carbocycles. The highest BCUT2D eigenvalue weighted by molar-refractivity contribution is 5.77. The lowest BCUT2D eigenvalue weighted by atomic mass is 10.0. The molecule has 32 heavy (non-hydrogen) atoms. The minimum absolute atomic E-state index is 0.341. The Hall–Kier alpha value is -2.81. The van der Waals surface area contributed by atoms with Gasteiger partial charge >= 0.3 is 12.1 Å². The van der Waals surface area contributed by atoms with Gasteiger partial charge in [-0.1, -0.05) is 12.1 Å². The summed E-state index contributed by atoms with van der Waals surface area (Å²) in [6, 6.07) is 6.05. The minimum Gasteiger partial charge on any atom is -0.478 e. The van der Waals surface area contributed by atoms with E-state index in [-0.39, 0.29) is 0 Å². The first kappa shape index (κ1) is 23.8. The van der Waals surface area contributed by atoms with Gasteiger partial charge in [-0.3, -0.25) is 4.90 Å². The molecule has 0 unspecified atom stereocenters. The van der Waals surface area contributed by atoms with Crippen LogP contribution in [0.2, 0.25) is 0 Å². The third-order valence-corrected chi connectivity index (χ3v) is 5.57. The molecule has 1 saturated heterocycles. The lowest BCUT2D eigenvalue weighted by molar-refractivity contribution is -0.152. The van der Waals surface area contributed by atoms with Crippen LogP contribution < -0.4 is 9.64 Å². The van der Waals surface area contributed by atoms with Gasteiger partial charge in [-0.15, -0.1) is 0 Å². The molecule has 2 heterocycles. The first-order valence-electron chi connectivity index (χ1n) is 10.4. The van der Waals surface area contributed by atoms with Crippen molar-refractivity contribution in [2.24, 2.45) is 0 Å². The van der Waals surface area contributed by atoms with Gasteiger partial charge in [0.2, 0.25) is 0 Å². The Kier molecular flexibility index (Phi) is 6.69. The zero-order valence-corrected chi connectivity index (χ0v) is 18.7. The zero-order chi connectivity index (χ0) is 23.7. The Morgan fingerprint density at radius 1 is 1.09 bits per heavy atom. The molecule has 6 nitrogen and oxygen atoms in total. The molecule has 174 valence electrons. The minimum atomic E-state index is -4.38. The number of carboxylic acids is 1. The SMILES string of the molecule is Cc1cc(CN2CCN(c3cc(C(F)(F)F)ccn3)CC2)cc(C)c1OC(C)(C)C(=O)O. The van der Waals surface area contributed by atoms with Crippen molar-refractivity contribution >= 4 is 11.8 Å². The molecule has 0 bridgehead atoms. The van der Waals surface area contributed by atoms with Crippen molar-refractivity contribution < 1.29 is 27.8 Å². The van der Waals surface area contributed by atoms with Crippen LogP contribution in [0.15, 0.2) is 30.5 Å². The molecule has 1 aliphatic rings. The molecule has 1 fully saturated rings. The predicted octanol–water partition coefficient (Wildman–Crippen LogP) is 4.28. The fraction of sp³-hybridized carbons (Fsp3) is 0.478. The second-order valence-corrected chi connectivity index (χ2v) is 8.64. The summed E-state index contributed by atoms with van der Waals surface area (Å²) in [7, 11) is 0. The van der Waals surface area contributed by atoms with Crippen molar-refractivity contribution in [2.75, 3.05) is 31.1 Å². The maximum atomic E-state index is 13.0. The normalized spacial score (nSPS) is 15.7. The number of aliphatic carboxylic acids is 1. The van der Waals surface area contributed by atoms with Gasteiger partial charge in [-0.25, -0.2) is 9.78 Å². The quantitative estimate of drug-likeness (QED) is 0.707. The predicted molar refractivity (Wildman–Crippen MR) is 115 cm³/mol. The molecule has 0 radical (unpaired) electrons. The van der Waals surface area contributed by atoms with Crippen LogP contribution in [-0.4, -0.2) is 52.7 Å². The smallest absolute Gasteiger partial charge is 0.416 e. The van der Waals surface area contributed by atoms with Gasteiger partial charge in [0, 0.05) is 38.9 Å². The van der Waals surface area contributed by atoms with Gasteiger partial charge < -0.3 is 14.7 Å². The highest BCUT2D eigenvalue weighted by Crippen LogP contribution is 2.31. The Morgan fingerprint density at radius 3 is 2.22 bits per heavy atom. The number of nitrogens with zero attached hydrogens (tertiary/aromatic N) is 3. The highest BCUT2D eigenvalue weighted by Gasteiger charge is 2.32. The molecule has 1 aliphatic heterocycles. The van der Waals surface area contributed by atoms with E-state index in [0.29, 0.717) is 44.3 Å². The number of piperazine rings is 1. The summed E-state index contributed by atoms with van der Waals surface area (Å²) in [5.41, 5.74) is 0.780. The van der Waals surface area contributed by atoms with Crippen LogP contribution in [0.3, 0.4) is 0 Å². The van der Waals surface area contributed by atoms with Crippen molar-refractivity contribution in [1.29, 1.82) is 0 Å². The average molecular weight is 451 g/mol. The molecule has 0 saturated carbocycles. The fourth-order valence-electron chi connectivity index (χ4n) is 3.75. The van der Waals surface area contributed by atoms with E-state index in [1.54, 1.807) is 0 Å². The lowest BCUT2D eigenvalue weighted by Gasteiger charge is -2.35. The lowest BCUT2D eigenvalue weighted by Crippen LogP contribution is -2.46. The number of alkyl halides is 3. The van der Waals surface area contributed by atoms with Crippen LogP contribution in [0.1, 0.15) is 36.1 Å². The van der Waals surface area contributed by atoms with Crippen LogP contribution in [0.25, 0.3) is 0 Å². The second kappa shape index (κ2) is 8.97. The van der Waals surface area contributed by atoms with E-state index < -0.39 is 23.3 Å². The number of hydrogen-bond donors (Lipinski definition) is 1. The standard InChI is InChI=1S/C23H28F3N3O3/c1-15-11-17(12-16(2)20(15)32-22(3,4)21(30)31)14-28-7-9-29(10-8-28)19-13-18(5-6-27-19)23(24,25)26/h5-6,11-13H,7-10,14H2,1-4H3,(H,30,31). The molecule has 1 N–H and O–H groups in total. The number of rotatable bonds is 6. The van der Waals surface area contributed by atoms with Gasteiger partial charge in [0.1, 0.15) is 11.6 Å². The summed E-state index contributed by atoms with van der Waals surface area (Å²) in [4.78, 5) is 19.6. The monoisotopic (exact) mass is 451 g/mol. The van der Waals surface area contributed by atoms with E-state index in [4.69, 9.17) is 4.74 Å². The van der Waals surface area contributed by atoms with Crippen molar-refractivity contribution in [1.82, 2.24) is 9.88 Å². The number of ether oxygens (including phenoxy) is 1. The highest BCUT2D eigenvalue weighted by atomic mass is 19.4. The number of pyridine rings is 1. The Bertz CT molecular complexity index is 961. The second-order valence-electron chi connectivity index (χ2n) is 8.64. The van der Waals surface area contributed by atoms with Gasteiger partial charge in [-0.05, 0) is 56.5 Å². The van der Waals surface area contributed by atoms with Crippen LogP contribution in [0.5, 0.6) is 5.75 Å². The summed E-state index contributed by atoms with van der Waals surface area (Å²) in [6.45, 7) is 10.1. The number of carboxylic acid groups (broad SMARTS) is 1. The van der Waals surface area contributed by atoms with Gasteiger partial charge in [0.15, 0.2) is 5.60 Å². The van der Waals surface area contributed by atoms with E-state index in [1.807, 2.05) is 30.9 Å². The van der Waals surface area contributed by atoms with Crippen molar-refractivity contribution in [3.8, 4) is 5.75 Å². The summed E-state index contributed by atoms with van der Waals surface area (Å²) in [5.74, 6) is -0.121. The average Bonchev–Trinajstić information content (AvgIpc) is 2.71. The number of hydrogen-bond acceptors (Lipinski definition) is 5. The first-order chi connectivity index (χ1) is 14.9. The van der Waals surface area contributed by atoms with Crippen molar-refractivity contribution in [3.63, 3.8) is 0 Å². The molecule has 0 amide bonds. The van der Waals surface area contributed by atoms with Crippen LogP contribution in [0.4, 0.5) is 19.0 Å². The molecule has 0 spiro atoms. The van der Waals surface area contributed by atoms with Crippen molar-refractivity contribution in [2.45, 2.75) is 46.0 Å². The third kappa shape index (κ3) is 5.51. The van der Waals surface area contributed by atoms with E-state index in [0.717, 1.165) is 28.8 Å². The molecule has 9 heteroatoms. The molecular weight excluding hydrogens is 423 g/mol. The number of benzene rings is 1. The van der Waals surface area contributed by atoms with Crippen molar-refractivity contribution in [3.05, 3.63) is 52.7 Å². The number of anilines is 1. The Labute approximate surface area is 185 Å². The Balaban J connectivity index is 1.64. The summed E-state index contributed by atoms with van der Waals surface area (Å²) in [6.07, 6.45) is -3.18. The summed E-state index contributed by atoms with van der Waals surface area (Å²) in [5, 5.41) is 9.32. The van der Waals surface area contributed by atoms with Crippen LogP contribution >= 0.6 is 0 Å². The molecule has 0 aliphatic carbocycles. The van der Waals surface area contributed by atoms with Crippen LogP contribution in [-0.2, 0) is 17.5 Å². The molecule has 0 atom stereocenters. The molecule has 1 aromatic heterocycles. The largest absolute Gasteiger partial charge is 0.478 e. The molecular formula is C23H28F3N3O3. The first-order valence-corrected chi connectivity index (χ1v) is 10.4. The van der Waals surface area contributed by atoms with Gasteiger partial charge in [0.05, 0.1) is 5.56 Å². The maximum absolute atomic E-state index is 13.0. The summed E-state index contributed by atoms with van der Waals surface area (Å²) < 4.78 is 44.7. The van der Waals surface area contributed by atoms with E-state index in [9.17, 15) is 23.1 Å². The van der Waals surface area contributed by atoms with Gasteiger partial charge in [-0.2, -0.15) is 13.2 Å². The van der Waals surface area contributed by atoms with Crippen LogP contribution in [0, 0.1) is 13.8 Å². The maximum Gasteiger partial charge on any atom is 0.416 e. The fourth-order valence-corrected chi connectivity index (χ4v) is 3.75. The van der Waals surface area contributed by atoms with E-state index >= 15 is 0 Å². The molecule has 2 aromatic rings. The third-order valence-electron chi connectivity index (χ3n) is 5.57. The Morgan fingerprint density at radius 2 is 1.69 bits per heavy atom. The van der Waals surface area contributed by atoms with E-state index in [2.05, 4.69) is 9.88 Å². The number of aromatic nitrogens is 1. The number of halogens is 3. The zero-order valence-electron chi connectivity index (χ0n) is 18.7. The van der Waals surface area contributed by atoms with E-state index in [1.165, 1.54) is 20.0 Å². The topological polar surface area (TPSA) is 65.9 Å². The number of aryl methyl sites for hydroxylation is 2.